The average molecular weight is 329 g/mol. The first-order chi connectivity index (χ1) is 11.0. The molecule has 0 radical (unpaired) electrons. The smallest absolute Gasteiger partial charge is 0.311 e. The lowest BCUT2D eigenvalue weighted by molar-refractivity contribution is -0.148. The van der Waals surface area contributed by atoms with Crippen LogP contribution in [0.2, 0.25) is 0 Å². The van der Waals surface area contributed by atoms with Crippen LogP contribution in [-0.4, -0.2) is 24.3 Å². The first kappa shape index (κ1) is 22.4. The van der Waals surface area contributed by atoms with Gasteiger partial charge < -0.3 is 9.84 Å². The summed E-state index contributed by atoms with van der Waals surface area (Å²) in [7, 11) is 1.37. The van der Waals surface area contributed by atoms with E-state index in [0.717, 1.165) is 18.8 Å². The van der Waals surface area contributed by atoms with Crippen molar-refractivity contribution in [2.45, 2.75) is 104 Å². The maximum atomic E-state index is 11.3. The quantitative estimate of drug-likeness (QED) is 0.319. The molecule has 138 valence electrons. The van der Waals surface area contributed by atoms with Crippen LogP contribution in [0.15, 0.2) is 0 Å². The third-order valence-electron chi connectivity index (χ3n) is 4.68. The Kier molecular flexibility index (Phi) is 14.6. The van der Waals surface area contributed by atoms with Crippen LogP contribution in [0.25, 0.3) is 0 Å². The van der Waals surface area contributed by atoms with E-state index in [2.05, 4.69) is 18.6 Å². The minimum Gasteiger partial charge on any atom is -0.469 e. The number of methoxy groups -OCH3 is 1. The Morgan fingerprint density at radius 1 is 0.783 bits per heavy atom. The van der Waals surface area contributed by atoms with Crippen LogP contribution < -0.4 is 0 Å². The van der Waals surface area contributed by atoms with E-state index >= 15 is 0 Å². The molecule has 23 heavy (non-hydrogen) atoms. The van der Waals surface area contributed by atoms with E-state index in [1.165, 1.54) is 64.9 Å². The zero-order valence-corrected chi connectivity index (χ0v) is 16.0. The lowest BCUT2D eigenvalue weighted by Crippen LogP contribution is -2.26. The second kappa shape index (κ2) is 15.0. The Morgan fingerprint density at radius 2 is 1.17 bits per heavy atom. The highest BCUT2D eigenvalue weighted by atomic mass is 16.5. The van der Waals surface area contributed by atoms with Gasteiger partial charge >= 0.3 is 5.97 Å². The molecule has 3 heteroatoms. The molecule has 0 aromatic heterocycles. The fourth-order valence-electron chi connectivity index (χ4n) is 2.91. The number of rotatable bonds is 15. The lowest BCUT2D eigenvalue weighted by atomic mass is 9.98. The number of ether oxygens (including phenoxy) is 1. The van der Waals surface area contributed by atoms with Gasteiger partial charge in [-0.15, -0.1) is 0 Å². The molecule has 0 amide bonds. The summed E-state index contributed by atoms with van der Waals surface area (Å²) in [4.78, 5) is 11.3. The number of hydrogen-bond acceptors (Lipinski definition) is 3. The van der Waals surface area contributed by atoms with E-state index < -0.39 is 12.0 Å². The fraction of sp³-hybridized carbons (Fsp3) is 0.950. The number of unbranched alkanes of at least 4 members (excludes halogenated alkanes) is 9. The van der Waals surface area contributed by atoms with Gasteiger partial charge in [0.1, 0.15) is 0 Å². The molecular formula is C20H40O3. The first-order valence-corrected chi connectivity index (χ1v) is 9.75. The number of carbonyl (C=O) groups excluding carboxylic acids is 1. The Labute approximate surface area is 144 Å². The summed E-state index contributed by atoms with van der Waals surface area (Å²) in [5.74, 6) is 0.130. The molecule has 0 fully saturated rings. The second-order valence-electron chi connectivity index (χ2n) is 7.39. The van der Waals surface area contributed by atoms with Gasteiger partial charge in [0.2, 0.25) is 0 Å². The number of aliphatic hydroxyl groups excluding tert-OH is 1. The molecule has 2 atom stereocenters. The SMILES string of the molecule is COC(=O)[C@@H](C)[C@H](O)CCCCCCCCCCCCC(C)C. The van der Waals surface area contributed by atoms with Gasteiger partial charge in [-0.1, -0.05) is 84.5 Å². The Bertz CT molecular complexity index is 276. The predicted octanol–water partition coefficient (Wildman–Crippen LogP) is 5.49. The van der Waals surface area contributed by atoms with Crippen molar-refractivity contribution in [3.8, 4) is 0 Å². The van der Waals surface area contributed by atoms with E-state index in [1.54, 1.807) is 6.92 Å². The summed E-state index contributed by atoms with van der Waals surface area (Å²) in [6.45, 7) is 6.34. The Morgan fingerprint density at radius 3 is 1.57 bits per heavy atom. The third-order valence-corrected chi connectivity index (χ3v) is 4.68. The zero-order chi connectivity index (χ0) is 17.5. The molecule has 0 aromatic carbocycles. The number of aliphatic hydroxyl groups is 1. The van der Waals surface area contributed by atoms with Crippen molar-refractivity contribution in [3.63, 3.8) is 0 Å². The predicted molar refractivity (Wildman–Crippen MR) is 97.4 cm³/mol. The van der Waals surface area contributed by atoms with Gasteiger partial charge in [-0.2, -0.15) is 0 Å². The number of carbonyl (C=O) groups is 1. The molecule has 0 aromatic rings. The maximum Gasteiger partial charge on any atom is 0.311 e. The van der Waals surface area contributed by atoms with E-state index in [4.69, 9.17) is 0 Å². The van der Waals surface area contributed by atoms with Gasteiger partial charge in [-0.3, -0.25) is 4.79 Å². The van der Waals surface area contributed by atoms with Crippen LogP contribution in [0.1, 0.15) is 97.8 Å². The van der Waals surface area contributed by atoms with Crippen LogP contribution in [0.3, 0.4) is 0 Å². The zero-order valence-electron chi connectivity index (χ0n) is 16.0. The summed E-state index contributed by atoms with van der Waals surface area (Å²) in [6.07, 6.45) is 14.5. The highest BCUT2D eigenvalue weighted by Crippen LogP contribution is 2.16. The molecule has 0 bridgehead atoms. The molecule has 0 unspecified atom stereocenters. The molecule has 0 aliphatic heterocycles. The summed E-state index contributed by atoms with van der Waals surface area (Å²) < 4.78 is 4.65. The van der Waals surface area contributed by atoms with E-state index in [-0.39, 0.29) is 5.97 Å². The third kappa shape index (κ3) is 13.6. The largest absolute Gasteiger partial charge is 0.469 e. The Balaban J connectivity index is 3.29. The van der Waals surface area contributed by atoms with Crippen molar-refractivity contribution in [1.82, 2.24) is 0 Å². The molecular weight excluding hydrogens is 288 g/mol. The van der Waals surface area contributed by atoms with Crippen molar-refractivity contribution in [2.75, 3.05) is 7.11 Å². The molecule has 0 aliphatic rings. The number of esters is 1. The van der Waals surface area contributed by atoms with Crippen molar-refractivity contribution in [1.29, 1.82) is 0 Å². The van der Waals surface area contributed by atoms with E-state index in [9.17, 15) is 9.90 Å². The van der Waals surface area contributed by atoms with Crippen molar-refractivity contribution in [2.24, 2.45) is 11.8 Å². The van der Waals surface area contributed by atoms with Crippen molar-refractivity contribution >= 4 is 5.97 Å². The minimum absolute atomic E-state index is 0.314. The molecule has 0 heterocycles. The first-order valence-electron chi connectivity index (χ1n) is 9.75. The summed E-state index contributed by atoms with van der Waals surface area (Å²) in [6, 6.07) is 0. The highest BCUT2D eigenvalue weighted by Gasteiger charge is 2.21. The lowest BCUT2D eigenvalue weighted by Gasteiger charge is -2.16. The van der Waals surface area contributed by atoms with Gasteiger partial charge in [-0.05, 0) is 19.3 Å². The van der Waals surface area contributed by atoms with Gasteiger partial charge in [-0.25, -0.2) is 0 Å². The van der Waals surface area contributed by atoms with Gasteiger partial charge in [0.15, 0.2) is 0 Å². The normalized spacial score (nSPS) is 14.0. The Hall–Kier alpha value is -0.570. The van der Waals surface area contributed by atoms with Crippen LogP contribution in [0.5, 0.6) is 0 Å². The maximum absolute atomic E-state index is 11.3. The van der Waals surface area contributed by atoms with Crippen molar-refractivity contribution in [3.05, 3.63) is 0 Å². The van der Waals surface area contributed by atoms with Crippen molar-refractivity contribution < 1.29 is 14.6 Å². The molecule has 3 nitrogen and oxygen atoms in total. The van der Waals surface area contributed by atoms with E-state index in [0.29, 0.717) is 6.42 Å². The molecule has 0 rings (SSSR count). The highest BCUT2D eigenvalue weighted by molar-refractivity contribution is 5.72. The van der Waals surface area contributed by atoms with Crippen LogP contribution in [-0.2, 0) is 9.53 Å². The molecule has 0 spiro atoms. The topological polar surface area (TPSA) is 46.5 Å². The van der Waals surface area contributed by atoms with Crippen LogP contribution in [0, 0.1) is 11.8 Å². The molecule has 0 aliphatic carbocycles. The van der Waals surface area contributed by atoms with E-state index in [1.807, 2.05) is 0 Å². The van der Waals surface area contributed by atoms with Crippen LogP contribution in [0.4, 0.5) is 0 Å². The minimum atomic E-state index is -0.562. The average Bonchev–Trinajstić information content (AvgIpc) is 2.53. The standard InChI is InChI=1S/C20H40O3/c1-17(2)15-13-11-9-7-5-6-8-10-12-14-16-19(21)18(3)20(22)23-4/h17-19,21H,5-16H2,1-4H3/t18-,19+/m0/s1. The summed E-state index contributed by atoms with van der Waals surface area (Å²) in [5, 5.41) is 9.90. The number of hydrogen-bond donors (Lipinski definition) is 1. The summed E-state index contributed by atoms with van der Waals surface area (Å²) >= 11 is 0. The monoisotopic (exact) mass is 328 g/mol. The fourth-order valence-corrected chi connectivity index (χ4v) is 2.91. The molecule has 0 saturated carbocycles. The van der Waals surface area contributed by atoms with Crippen LogP contribution >= 0.6 is 0 Å². The van der Waals surface area contributed by atoms with Gasteiger partial charge in [0.05, 0.1) is 19.1 Å². The summed E-state index contributed by atoms with van der Waals surface area (Å²) in [5.41, 5.74) is 0. The molecule has 0 saturated heterocycles. The van der Waals surface area contributed by atoms with Gasteiger partial charge in [0.25, 0.3) is 0 Å². The van der Waals surface area contributed by atoms with Gasteiger partial charge in [0, 0.05) is 0 Å². The molecule has 1 N–H and O–H groups in total. The second-order valence-corrected chi connectivity index (χ2v) is 7.39.